The Balaban J connectivity index is 1.48. The molecule has 6 aromatic rings. The van der Waals surface area contributed by atoms with Gasteiger partial charge in [-0.25, -0.2) is 0 Å². The average molecular weight is 989 g/mol. The molecule has 0 spiro atoms. The first-order valence-electron chi connectivity index (χ1n) is 14.4. The van der Waals surface area contributed by atoms with Gasteiger partial charge in [-0.15, -0.1) is 0 Å². The largest absolute Gasteiger partial charge is 0.0819 e. The summed E-state index contributed by atoms with van der Waals surface area (Å²) >= 11 is 96.5. The number of hydrogen-bond donors (Lipinski definition) is 0. The summed E-state index contributed by atoms with van der Waals surface area (Å²) < 4.78 is 0. The van der Waals surface area contributed by atoms with Crippen LogP contribution in [0.1, 0.15) is 22.6 Å². The molecule has 0 unspecified atom stereocenters. The van der Waals surface area contributed by atoms with Crippen LogP contribution in [0.4, 0.5) is 0 Å². The number of halogens is 15. The summed E-state index contributed by atoms with van der Waals surface area (Å²) in [6, 6.07) is 22.9. The monoisotopic (exact) mass is 982 g/mol. The summed E-state index contributed by atoms with van der Waals surface area (Å²) in [6.45, 7) is 0. The number of hydrogen-bond acceptors (Lipinski definition) is 0. The van der Waals surface area contributed by atoms with Crippen LogP contribution in [0.3, 0.4) is 0 Å². The highest BCUT2D eigenvalue weighted by molar-refractivity contribution is 6.58. The lowest BCUT2D eigenvalue weighted by molar-refractivity contribution is 0.978. The first-order valence-corrected chi connectivity index (χ1v) is 20.1. The summed E-state index contributed by atoms with van der Waals surface area (Å²) in [5, 5.41) is 1.87. The van der Waals surface area contributed by atoms with Crippen LogP contribution in [0.5, 0.6) is 0 Å². The van der Waals surface area contributed by atoms with E-state index < -0.39 is 0 Å². The molecule has 266 valence electrons. The Hall–Kier alpha value is -0.330. The zero-order chi connectivity index (χ0) is 37.9. The van der Waals surface area contributed by atoms with Crippen molar-refractivity contribution < 1.29 is 0 Å². The second kappa shape index (κ2) is 16.6. The van der Waals surface area contributed by atoms with Gasteiger partial charge in [0.15, 0.2) is 0 Å². The molecule has 0 fully saturated rings. The van der Waals surface area contributed by atoms with Gasteiger partial charge in [0.25, 0.3) is 0 Å². The topological polar surface area (TPSA) is 0 Å². The third kappa shape index (κ3) is 7.45. The van der Waals surface area contributed by atoms with E-state index in [1.54, 1.807) is 0 Å². The lowest BCUT2D eigenvalue weighted by Crippen LogP contribution is -2.04. The van der Waals surface area contributed by atoms with Gasteiger partial charge in [-0.2, -0.15) is 0 Å². The highest BCUT2D eigenvalue weighted by atomic mass is 35.5. The Kier molecular flexibility index (Phi) is 13.2. The molecular weight excluding hydrogens is 976 g/mol. The summed E-state index contributed by atoms with van der Waals surface area (Å²) in [5.41, 5.74) is 6.08. The lowest BCUT2D eigenvalue weighted by Gasteiger charge is -2.21. The molecule has 0 radical (unpaired) electrons. The van der Waals surface area contributed by atoms with Gasteiger partial charge in [0, 0.05) is 22.6 Å². The van der Waals surface area contributed by atoms with Crippen LogP contribution in [0.15, 0.2) is 72.8 Å². The van der Waals surface area contributed by atoms with Crippen LogP contribution in [0.2, 0.25) is 75.3 Å². The molecule has 0 amide bonds. The van der Waals surface area contributed by atoms with Crippen molar-refractivity contribution >= 4 is 174 Å². The molecule has 52 heavy (non-hydrogen) atoms. The van der Waals surface area contributed by atoms with Crippen LogP contribution < -0.4 is 0 Å². The predicted molar refractivity (Wildman–Crippen MR) is 232 cm³/mol. The number of rotatable bonds is 6. The second-order valence-electron chi connectivity index (χ2n) is 11.1. The molecule has 0 nitrogen and oxygen atoms in total. The van der Waals surface area contributed by atoms with E-state index in [2.05, 4.69) is 0 Å². The summed E-state index contributed by atoms with van der Waals surface area (Å²) in [7, 11) is 0. The third-order valence-electron chi connectivity index (χ3n) is 8.23. The van der Waals surface area contributed by atoms with E-state index in [4.69, 9.17) is 174 Å². The van der Waals surface area contributed by atoms with Crippen LogP contribution >= 0.6 is 174 Å². The molecular formula is C37H13Cl15. The van der Waals surface area contributed by atoms with E-state index >= 15 is 0 Å². The molecule has 0 atom stereocenters. The molecule has 0 bridgehead atoms. The fraction of sp³-hybridized carbons (Fsp3) is 0.0270. The molecule has 15 heteroatoms. The summed E-state index contributed by atoms with van der Waals surface area (Å²) in [4.78, 5) is 0. The van der Waals surface area contributed by atoms with Gasteiger partial charge in [0.2, 0.25) is 0 Å². The van der Waals surface area contributed by atoms with Gasteiger partial charge in [-0.1, -0.05) is 247 Å². The molecule has 0 N–H and O–H groups in total. The molecule has 0 aliphatic heterocycles. The van der Waals surface area contributed by atoms with Crippen molar-refractivity contribution in [1.29, 1.82) is 0 Å². The van der Waals surface area contributed by atoms with Gasteiger partial charge in [-0.3, -0.25) is 0 Å². The van der Waals surface area contributed by atoms with E-state index in [9.17, 15) is 0 Å². The summed E-state index contributed by atoms with van der Waals surface area (Å²) in [5.74, 6) is -0.313. The van der Waals surface area contributed by atoms with E-state index in [1.165, 1.54) is 0 Å². The quantitative estimate of drug-likeness (QED) is 0.0886. The van der Waals surface area contributed by atoms with Crippen molar-refractivity contribution in [3.63, 3.8) is 0 Å². The highest BCUT2D eigenvalue weighted by Crippen LogP contribution is 2.51. The second-order valence-corrected chi connectivity index (χ2v) is 16.8. The molecule has 0 aliphatic rings. The zero-order valence-corrected chi connectivity index (χ0v) is 36.5. The van der Waals surface area contributed by atoms with Crippen molar-refractivity contribution in [2.75, 3.05) is 0 Å². The van der Waals surface area contributed by atoms with Gasteiger partial charge in [0.1, 0.15) is 0 Å². The fourth-order valence-electron chi connectivity index (χ4n) is 5.68. The van der Waals surface area contributed by atoms with E-state index in [0.29, 0.717) is 33.4 Å². The lowest BCUT2D eigenvalue weighted by atomic mass is 9.83. The number of benzene rings is 6. The van der Waals surface area contributed by atoms with E-state index in [0.717, 1.165) is 16.7 Å². The molecule has 0 aromatic heterocycles. The normalized spacial score (nSPS) is 11.5. The van der Waals surface area contributed by atoms with Crippen LogP contribution in [-0.2, 0) is 0 Å². The zero-order valence-electron chi connectivity index (χ0n) is 25.2. The van der Waals surface area contributed by atoms with E-state index in [1.807, 2.05) is 72.8 Å². The SMILES string of the molecule is Clc1c(Cl)c(Cl)c(-c2ccc(C(c3ccc(-c4c(Cl)c(Cl)c(Cl)c(Cl)c4Cl)cc3)c3ccc(-c4c(Cl)c(Cl)c(Cl)c(Cl)c4Cl)cc3)cc2)c(Cl)c1Cl. The molecule has 0 aliphatic carbocycles. The highest BCUT2D eigenvalue weighted by Gasteiger charge is 2.25. The van der Waals surface area contributed by atoms with E-state index in [-0.39, 0.29) is 81.3 Å². The minimum absolute atomic E-state index is 0.0714. The van der Waals surface area contributed by atoms with Crippen LogP contribution in [0.25, 0.3) is 33.4 Å². The Bertz CT molecular complexity index is 2030. The molecule has 0 saturated carbocycles. The Morgan fingerprint density at radius 3 is 0.538 bits per heavy atom. The molecule has 6 rings (SSSR count). The van der Waals surface area contributed by atoms with Crippen molar-refractivity contribution in [2.45, 2.75) is 5.92 Å². The minimum Gasteiger partial charge on any atom is -0.0819 e. The van der Waals surface area contributed by atoms with Gasteiger partial charge in [0.05, 0.1) is 75.3 Å². The minimum atomic E-state index is -0.313. The first-order chi connectivity index (χ1) is 24.6. The standard InChI is InChI=1S/C37H13Cl15/c38-23-20(24(39)30(45)35(50)29(23)44)16-7-1-13(2-8-16)19(14-3-9-17(10-4-14)21-25(40)31(46)36(51)32(47)26(21)41)15-5-11-18(12-6-15)22-27(42)33(48)37(52)34(49)28(22)43/h1-12,19H. The maximum atomic E-state index is 6.59. The average Bonchev–Trinajstić information content (AvgIpc) is 3.15. The van der Waals surface area contributed by atoms with Gasteiger partial charge in [-0.05, 0) is 33.4 Å². The maximum absolute atomic E-state index is 6.59. The summed E-state index contributed by atoms with van der Waals surface area (Å²) in [6.07, 6.45) is 0. The fourth-order valence-corrected chi connectivity index (χ4v) is 9.75. The van der Waals surface area contributed by atoms with Crippen molar-refractivity contribution in [3.05, 3.63) is 165 Å². The van der Waals surface area contributed by atoms with Crippen LogP contribution in [-0.4, -0.2) is 0 Å². The van der Waals surface area contributed by atoms with Crippen molar-refractivity contribution in [3.8, 4) is 33.4 Å². The van der Waals surface area contributed by atoms with Crippen molar-refractivity contribution in [2.24, 2.45) is 0 Å². The predicted octanol–water partition coefficient (Wildman–Crippen LogP) is 19.7. The van der Waals surface area contributed by atoms with Gasteiger partial charge >= 0.3 is 0 Å². The molecule has 6 aromatic carbocycles. The first kappa shape index (κ1) is 41.3. The van der Waals surface area contributed by atoms with Crippen molar-refractivity contribution in [1.82, 2.24) is 0 Å². The smallest absolute Gasteiger partial charge is 0.0809 e. The Labute approximate surface area is 374 Å². The maximum Gasteiger partial charge on any atom is 0.0809 e. The Morgan fingerprint density at radius 2 is 0.365 bits per heavy atom. The third-order valence-corrected chi connectivity index (χ3v) is 15.1. The van der Waals surface area contributed by atoms with Crippen LogP contribution in [0, 0.1) is 0 Å². The Morgan fingerprint density at radius 1 is 0.212 bits per heavy atom. The van der Waals surface area contributed by atoms with Gasteiger partial charge < -0.3 is 0 Å². The molecule has 0 saturated heterocycles. The molecule has 0 heterocycles.